The van der Waals surface area contributed by atoms with Crippen LogP contribution in [0.1, 0.15) is 201 Å². The zero-order valence-corrected chi connectivity index (χ0v) is 37.3. The summed E-state index contributed by atoms with van der Waals surface area (Å²) >= 11 is 0. The number of hydrogen-bond acceptors (Lipinski definition) is 9. The van der Waals surface area contributed by atoms with Gasteiger partial charge in [0.25, 0.3) is 0 Å². The highest BCUT2D eigenvalue weighted by Crippen LogP contribution is 2.18. The van der Waals surface area contributed by atoms with E-state index in [1.54, 1.807) is 0 Å². The van der Waals surface area contributed by atoms with Crippen LogP contribution in [-0.2, 0) is 38.1 Å². The number of unbranched alkanes of at least 4 members (excludes halogenated alkanes) is 18. The summed E-state index contributed by atoms with van der Waals surface area (Å²) < 4.78 is 29.1. The third kappa shape index (κ3) is 32.3. The van der Waals surface area contributed by atoms with E-state index in [0.717, 1.165) is 90.0 Å². The van der Waals surface area contributed by atoms with Gasteiger partial charge in [0, 0.05) is 26.1 Å². The maximum absolute atomic E-state index is 12.9. The Morgan fingerprint density at radius 2 is 1.05 bits per heavy atom. The van der Waals surface area contributed by atoms with Gasteiger partial charge in [0.15, 0.2) is 6.29 Å². The van der Waals surface area contributed by atoms with Crippen molar-refractivity contribution < 1.29 is 38.1 Å². The molecule has 0 aromatic rings. The number of likely N-dealkylation sites (N-methyl/N-ethyl adjacent to an activating group) is 1. The van der Waals surface area contributed by atoms with Crippen LogP contribution in [0.15, 0.2) is 24.3 Å². The maximum Gasteiger partial charge on any atom is 0.323 e. The second-order valence-corrected chi connectivity index (χ2v) is 16.2. The van der Waals surface area contributed by atoms with Gasteiger partial charge in [-0.3, -0.25) is 19.3 Å². The SMILES string of the molecule is CCCCC/C=C\C/C=C\CCCCCCCC(=O)OC[C@@H](COC(=O)CCC(OCCCCCCCC)OCCCCCCCC)COC(=O)C1CCCN1C. The quantitative estimate of drug-likeness (QED) is 0.0197. The van der Waals surface area contributed by atoms with E-state index in [0.29, 0.717) is 26.1 Å². The summed E-state index contributed by atoms with van der Waals surface area (Å²) in [4.78, 5) is 40.4. The molecule has 0 radical (unpaired) electrons. The fourth-order valence-corrected chi connectivity index (χ4v) is 6.94. The van der Waals surface area contributed by atoms with Crippen LogP contribution in [0, 0.1) is 5.92 Å². The Labute approximate surface area is 349 Å². The van der Waals surface area contributed by atoms with Gasteiger partial charge in [-0.2, -0.15) is 0 Å². The molecule has 0 saturated carbocycles. The normalized spacial score (nSPS) is 15.3. The van der Waals surface area contributed by atoms with E-state index in [4.69, 9.17) is 23.7 Å². The minimum absolute atomic E-state index is 0.00545. The van der Waals surface area contributed by atoms with E-state index in [-0.39, 0.29) is 50.2 Å². The number of likely N-dealkylation sites (tertiary alicyclic amines) is 1. The number of esters is 3. The highest BCUT2D eigenvalue weighted by atomic mass is 16.7. The predicted octanol–water partition coefficient (Wildman–Crippen LogP) is 12.0. The van der Waals surface area contributed by atoms with E-state index in [9.17, 15) is 14.4 Å². The molecule has 9 heteroatoms. The number of ether oxygens (including phenoxy) is 5. The summed E-state index contributed by atoms with van der Waals surface area (Å²) in [5, 5.41) is 0. The van der Waals surface area contributed by atoms with Crippen molar-refractivity contribution in [3.8, 4) is 0 Å². The molecule has 1 unspecified atom stereocenters. The second-order valence-electron chi connectivity index (χ2n) is 16.2. The minimum atomic E-state index is -0.445. The summed E-state index contributed by atoms with van der Waals surface area (Å²) in [6.07, 6.45) is 37.8. The summed E-state index contributed by atoms with van der Waals surface area (Å²) in [5.41, 5.74) is 0. The summed E-state index contributed by atoms with van der Waals surface area (Å²) in [7, 11) is 1.93. The van der Waals surface area contributed by atoms with E-state index < -0.39 is 12.2 Å². The molecule has 1 saturated heterocycles. The average Bonchev–Trinajstić information content (AvgIpc) is 3.65. The van der Waals surface area contributed by atoms with Crippen molar-refractivity contribution >= 4 is 17.9 Å². The first-order valence-electron chi connectivity index (χ1n) is 23.6. The molecule has 1 aliphatic rings. The average molecular weight is 806 g/mol. The molecule has 0 aromatic carbocycles. The Kier molecular flexibility index (Phi) is 36.3. The van der Waals surface area contributed by atoms with Gasteiger partial charge in [0.1, 0.15) is 25.9 Å². The largest absolute Gasteiger partial charge is 0.465 e. The van der Waals surface area contributed by atoms with Crippen LogP contribution >= 0.6 is 0 Å². The van der Waals surface area contributed by atoms with Gasteiger partial charge in [-0.05, 0) is 77.8 Å². The van der Waals surface area contributed by atoms with Crippen molar-refractivity contribution in [1.82, 2.24) is 4.90 Å². The Balaban J connectivity index is 2.48. The fraction of sp³-hybridized carbons (Fsp3) is 0.854. The monoisotopic (exact) mass is 806 g/mol. The van der Waals surface area contributed by atoms with Crippen LogP contribution in [0.2, 0.25) is 0 Å². The van der Waals surface area contributed by atoms with E-state index in [1.165, 1.54) is 77.0 Å². The second kappa shape index (κ2) is 39.2. The molecule has 0 aromatic heterocycles. The molecule has 0 aliphatic carbocycles. The van der Waals surface area contributed by atoms with Gasteiger partial charge in [-0.1, -0.05) is 141 Å². The number of nitrogens with zero attached hydrogens (tertiary/aromatic N) is 1. The van der Waals surface area contributed by atoms with Gasteiger partial charge < -0.3 is 23.7 Å². The van der Waals surface area contributed by atoms with Crippen LogP contribution in [-0.4, -0.2) is 81.8 Å². The third-order valence-corrected chi connectivity index (χ3v) is 10.7. The molecular weight excluding hydrogens is 719 g/mol. The molecule has 9 nitrogen and oxygen atoms in total. The highest BCUT2D eigenvalue weighted by Gasteiger charge is 2.30. The Morgan fingerprint density at radius 3 is 1.61 bits per heavy atom. The van der Waals surface area contributed by atoms with Crippen LogP contribution in [0.25, 0.3) is 0 Å². The lowest BCUT2D eigenvalue weighted by atomic mass is 10.1. The fourth-order valence-electron chi connectivity index (χ4n) is 6.94. The Bertz CT molecular complexity index is 998. The van der Waals surface area contributed by atoms with Crippen molar-refractivity contribution in [3.63, 3.8) is 0 Å². The van der Waals surface area contributed by atoms with Crippen molar-refractivity contribution in [3.05, 3.63) is 24.3 Å². The van der Waals surface area contributed by atoms with Crippen LogP contribution < -0.4 is 0 Å². The number of rotatable bonds is 40. The minimum Gasteiger partial charge on any atom is -0.465 e. The molecule has 0 spiro atoms. The highest BCUT2D eigenvalue weighted by molar-refractivity contribution is 5.76. The summed E-state index contributed by atoms with van der Waals surface area (Å²) in [6, 6.07) is -0.265. The molecule has 0 bridgehead atoms. The number of hydrogen-bond donors (Lipinski definition) is 0. The van der Waals surface area contributed by atoms with Crippen LogP contribution in [0.5, 0.6) is 0 Å². The first-order chi connectivity index (χ1) is 27.9. The number of allylic oxidation sites excluding steroid dienone is 4. The Hall–Kier alpha value is -2.23. The molecule has 332 valence electrons. The maximum atomic E-state index is 12.9. The standard InChI is InChI=1S/C48H87NO8/c1-5-8-11-14-17-18-19-20-21-22-23-24-25-26-29-34-45(50)55-40-43(42-57-48(52)44-33-32-37-49(44)4)41-56-46(51)35-36-47(53-38-30-27-15-12-9-6-2)54-39-31-28-16-13-10-7-3/h17-18,20-21,43-44,47H,5-16,19,22-42H2,1-4H3/b18-17-,21-20-/t43-,44?/m0/s1. The van der Waals surface area contributed by atoms with Gasteiger partial charge in [0.2, 0.25) is 0 Å². The molecule has 1 aliphatic heterocycles. The summed E-state index contributed by atoms with van der Waals surface area (Å²) in [5.74, 6) is -1.36. The van der Waals surface area contributed by atoms with Gasteiger partial charge in [0.05, 0.1) is 12.3 Å². The molecule has 0 amide bonds. The molecular formula is C48H87NO8. The van der Waals surface area contributed by atoms with Crippen LogP contribution in [0.3, 0.4) is 0 Å². The van der Waals surface area contributed by atoms with Gasteiger partial charge in [-0.25, -0.2) is 0 Å². The molecule has 1 heterocycles. The number of carbonyl (C=O) groups is 3. The first-order valence-corrected chi connectivity index (χ1v) is 23.6. The predicted molar refractivity (Wildman–Crippen MR) is 233 cm³/mol. The van der Waals surface area contributed by atoms with Crippen molar-refractivity contribution in [2.75, 3.05) is 46.6 Å². The lowest BCUT2D eigenvalue weighted by Crippen LogP contribution is -2.36. The van der Waals surface area contributed by atoms with Gasteiger partial charge in [-0.15, -0.1) is 0 Å². The lowest BCUT2D eigenvalue weighted by molar-refractivity contribution is -0.162. The molecule has 0 N–H and O–H groups in total. The van der Waals surface area contributed by atoms with Gasteiger partial charge >= 0.3 is 17.9 Å². The number of carbonyl (C=O) groups excluding carboxylic acids is 3. The molecule has 57 heavy (non-hydrogen) atoms. The smallest absolute Gasteiger partial charge is 0.323 e. The topological polar surface area (TPSA) is 101 Å². The zero-order chi connectivity index (χ0) is 41.4. The third-order valence-electron chi connectivity index (χ3n) is 10.7. The molecule has 2 atom stereocenters. The van der Waals surface area contributed by atoms with E-state index >= 15 is 0 Å². The van der Waals surface area contributed by atoms with E-state index in [2.05, 4.69) is 45.1 Å². The molecule has 1 fully saturated rings. The van der Waals surface area contributed by atoms with Crippen molar-refractivity contribution in [2.24, 2.45) is 5.92 Å². The Morgan fingerprint density at radius 1 is 0.579 bits per heavy atom. The van der Waals surface area contributed by atoms with Crippen molar-refractivity contribution in [2.45, 2.75) is 213 Å². The summed E-state index contributed by atoms with van der Waals surface area (Å²) in [6.45, 7) is 8.84. The van der Waals surface area contributed by atoms with Crippen LogP contribution in [0.4, 0.5) is 0 Å². The lowest BCUT2D eigenvalue weighted by Gasteiger charge is -2.21. The zero-order valence-electron chi connectivity index (χ0n) is 37.3. The van der Waals surface area contributed by atoms with Crippen molar-refractivity contribution in [1.29, 1.82) is 0 Å². The van der Waals surface area contributed by atoms with E-state index in [1.807, 2.05) is 11.9 Å². The first kappa shape index (κ1) is 52.8. The molecule has 1 rings (SSSR count).